The molecule has 2 fully saturated rings. The molecule has 0 bridgehead atoms. The van der Waals surface area contributed by atoms with Crippen LogP contribution in [0.3, 0.4) is 0 Å². The Morgan fingerprint density at radius 3 is 2.81 bits per heavy atom. The van der Waals surface area contributed by atoms with Crippen molar-refractivity contribution in [3.05, 3.63) is 36.2 Å². The van der Waals surface area contributed by atoms with Crippen molar-refractivity contribution in [1.29, 1.82) is 0 Å². The lowest BCUT2D eigenvalue weighted by Gasteiger charge is -2.37. The van der Waals surface area contributed by atoms with E-state index in [9.17, 15) is 4.79 Å². The highest BCUT2D eigenvalue weighted by molar-refractivity contribution is 5.91. The molecule has 4 nitrogen and oxygen atoms in total. The van der Waals surface area contributed by atoms with Crippen LogP contribution in [0.1, 0.15) is 31.4 Å². The van der Waals surface area contributed by atoms with Gasteiger partial charge in [0.15, 0.2) is 0 Å². The third-order valence-corrected chi connectivity index (χ3v) is 4.45. The molecule has 0 saturated carbocycles. The number of hydrogen-bond acceptors (Lipinski definition) is 3. The van der Waals surface area contributed by atoms with Crippen molar-refractivity contribution in [2.75, 3.05) is 26.2 Å². The van der Waals surface area contributed by atoms with Crippen LogP contribution in [-0.2, 0) is 4.79 Å². The fourth-order valence-corrected chi connectivity index (χ4v) is 3.30. The van der Waals surface area contributed by atoms with E-state index >= 15 is 0 Å². The van der Waals surface area contributed by atoms with Crippen molar-refractivity contribution < 1.29 is 4.79 Å². The fourth-order valence-electron chi connectivity index (χ4n) is 3.30. The SMILES string of the molecule is O=C(C=Cc1ccccn1)N1CCCC(N2CCCC2)C1. The highest BCUT2D eigenvalue weighted by atomic mass is 16.2. The zero-order chi connectivity index (χ0) is 14.5. The van der Waals surface area contributed by atoms with E-state index in [1.54, 1.807) is 12.3 Å². The molecule has 112 valence electrons. The van der Waals surface area contributed by atoms with E-state index in [1.165, 1.54) is 32.4 Å². The minimum atomic E-state index is 0.115. The summed E-state index contributed by atoms with van der Waals surface area (Å²) in [7, 11) is 0. The normalized spacial score (nSPS) is 23.8. The molecule has 3 heterocycles. The second kappa shape index (κ2) is 6.85. The number of aromatic nitrogens is 1. The quantitative estimate of drug-likeness (QED) is 0.799. The van der Waals surface area contributed by atoms with E-state index < -0.39 is 0 Å². The number of likely N-dealkylation sites (tertiary alicyclic amines) is 2. The average molecular weight is 285 g/mol. The van der Waals surface area contributed by atoms with Crippen LogP contribution in [0, 0.1) is 0 Å². The first-order valence-corrected chi connectivity index (χ1v) is 7.95. The summed E-state index contributed by atoms with van der Waals surface area (Å²) in [6.07, 6.45) is 10.2. The summed E-state index contributed by atoms with van der Waals surface area (Å²) < 4.78 is 0. The van der Waals surface area contributed by atoms with E-state index in [0.717, 1.165) is 25.2 Å². The Kier molecular flexibility index (Phi) is 4.65. The summed E-state index contributed by atoms with van der Waals surface area (Å²) in [6.45, 7) is 4.17. The smallest absolute Gasteiger partial charge is 0.246 e. The molecule has 1 aromatic heterocycles. The maximum Gasteiger partial charge on any atom is 0.246 e. The van der Waals surface area contributed by atoms with Crippen LogP contribution in [0.4, 0.5) is 0 Å². The Morgan fingerprint density at radius 2 is 2.05 bits per heavy atom. The summed E-state index contributed by atoms with van der Waals surface area (Å²) in [5, 5.41) is 0. The van der Waals surface area contributed by atoms with E-state index in [-0.39, 0.29) is 5.91 Å². The van der Waals surface area contributed by atoms with E-state index in [4.69, 9.17) is 0 Å². The largest absolute Gasteiger partial charge is 0.338 e. The molecule has 1 unspecified atom stereocenters. The van der Waals surface area contributed by atoms with Crippen LogP contribution < -0.4 is 0 Å². The van der Waals surface area contributed by atoms with Crippen LogP contribution in [0.2, 0.25) is 0 Å². The number of carbonyl (C=O) groups excluding carboxylic acids is 1. The second-order valence-electron chi connectivity index (χ2n) is 5.91. The molecule has 1 amide bonds. The molecule has 0 N–H and O–H groups in total. The summed E-state index contributed by atoms with van der Waals surface area (Å²) in [6, 6.07) is 6.28. The Hall–Kier alpha value is -1.68. The number of hydrogen-bond donors (Lipinski definition) is 0. The number of amides is 1. The summed E-state index contributed by atoms with van der Waals surface area (Å²) in [5.74, 6) is 0.115. The minimum Gasteiger partial charge on any atom is -0.338 e. The first kappa shape index (κ1) is 14.3. The Morgan fingerprint density at radius 1 is 1.19 bits per heavy atom. The molecule has 21 heavy (non-hydrogen) atoms. The maximum absolute atomic E-state index is 12.3. The van der Waals surface area contributed by atoms with Gasteiger partial charge in [-0.05, 0) is 57.0 Å². The number of piperidine rings is 1. The topological polar surface area (TPSA) is 36.4 Å². The van der Waals surface area contributed by atoms with Gasteiger partial charge >= 0.3 is 0 Å². The van der Waals surface area contributed by atoms with Gasteiger partial charge in [-0.3, -0.25) is 14.7 Å². The van der Waals surface area contributed by atoms with Gasteiger partial charge in [0.1, 0.15) is 0 Å². The summed E-state index contributed by atoms with van der Waals surface area (Å²) in [5.41, 5.74) is 0.832. The Balaban J connectivity index is 1.58. The molecular weight excluding hydrogens is 262 g/mol. The van der Waals surface area contributed by atoms with Gasteiger partial charge in [-0.2, -0.15) is 0 Å². The average Bonchev–Trinajstić information content (AvgIpc) is 3.08. The van der Waals surface area contributed by atoms with E-state index in [0.29, 0.717) is 6.04 Å². The molecule has 3 rings (SSSR count). The van der Waals surface area contributed by atoms with Crippen LogP contribution >= 0.6 is 0 Å². The standard InChI is InChI=1S/C17H23N3O/c21-17(9-8-15-6-1-2-10-18-15)20-13-5-7-16(14-20)19-11-3-4-12-19/h1-2,6,8-10,16H,3-5,7,11-14H2. The zero-order valence-electron chi connectivity index (χ0n) is 12.4. The van der Waals surface area contributed by atoms with Crippen LogP contribution in [0.15, 0.2) is 30.5 Å². The Labute approximate surface area is 126 Å². The van der Waals surface area contributed by atoms with Gasteiger partial charge in [-0.25, -0.2) is 0 Å². The predicted molar refractivity (Wildman–Crippen MR) is 83.7 cm³/mol. The highest BCUT2D eigenvalue weighted by Crippen LogP contribution is 2.20. The van der Waals surface area contributed by atoms with Gasteiger partial charge in [0.2, 0.25) is 5.91 Å². The molecule has 1 aromatic rings. The molecule has 2 aliphatic rings. The van der Waals surface area contributed by atoms with E-state index in [1.807, 2.05) is 29.2 Å². The molecule has 1 atom stereocenters. The molecule has 0 radical (unpaired) electrons. The molecule has 2 saturated heterocycles. The van der Waals surface area contributed by atoms with Crippen molar-refractivity contribution >= 4 is 12.0 Å². The van der Waals surface area contributed by atoms with Gasteiger partial charge in [0.05, 0.1) is 5.69 Å². The molecule has 4 heteroatoms. The maximum atomic E-state index is 12.3. The third kappa shape index (κ3) is 3.70. The number of carbonyl (C=O) groups is 1. The third-order valence-electron chi connectivity index (χ3n) is 4.45. The molecular formula is C17H23N3O. The lowest BCUT2D eigenvalue weighted by Crippen LogP contribution is -2.48. The van der Waals surface area contributed by atoms with Crippen molar-refractivity contribution in [1.82, 2.24) is 14.8 Å². The van der Waals surface area contributed by atoms with Gasteiger partial charge in [-0.1, -0.05) is 6.07 Å². The van der Waals surface area contributed by atoms with Crippen molar-refractivity contribution in [2.24, 2.45) is 0 Å². The highest BCUT2D eigenvalue weighted by Gasteiger charge is 2.28. The Bertz CT molecular complexity index is 494. The van der Waals surface area contributed by atoms with Crippen molar-refractivity contribution in [2.45, 2.75) is 31.7 Å². The lowest BCUT2D eigenvalue weighted by atomic mass is 10.0. The predicted octanol–water partition coefficient (Wildman–Crippen LogP) is 2.18. The summed E-state index contributed by atoms with van der Waals surface area (Å²) >= 11 is 0. The number of nitrogens with zero attached hydrogens (tertiary/aromatic N) is 3. The van der Waals surface area contributed by atoms with Crippen LogP contribution in [0.5, 0.6) is 0 Å². The molecule has 0 aromatic carbocycles. The van der Waals surface area contributed by atoms with Gasteiger partial charge in [0.25, 0.3) is 0 Å². The van der Waals surface area contributed by atoms with Crippen LogP contribution in [0.25, 0.3) is 6.08 Å². The fraction of sp³-hybridized carbons (Fsp3) is 0.529. The van der Waals surface area contributed by atoms with Gasteiger partial charge in [0, 0.05) is 31.4 Å². The van der Waals surface area contributed by atoms with E-state index in [2.05, 4.69) is 9.88 Å². The van der Waals surface area contributed by atoms with Gasteiger partial charge in [-0.15, -0.1) is 0 Å². The first-order valence-electron chi connectivity index (χ1n) is 7.95. The summed E-state index contributed by atoms with van der Waals surface area (Å²) in [4.78, 5) is 21.1. The van der Waals surface area contributed by atoms with Crippen molar-refractivity contribution in [3.63, 3.8) is 0 Å². The minimum absolute atomic E-state index is 0.115. The first-order chi connectivity index (χ1) is 10.3. The van der Waals surface area contributed by atoms with Gasteiger partial charge < -0.3 is 4.90 Å². The van der Waals surface area contributed by atoms with Crippen LogP contribution in [-0.4, -0.2) is 52.9 Å². The second-order valence-corrected chi connectivity index (χ2v) is 5.91. The molecule has 2 aliphatic heterocycles. The monoisotopic (exact) mass is 285 g/mol. The molecule has 0 aliphatic carbocycles. The zero-order valence-corrected chi connectivity index (χ0v) is 12.4. The number of pyridine rings is 1. The number of rotatable bonds is 3. The van der Waals surface area contributed by atoms with Crippen molar-refractivity contribution in [3.8, 4) is 0 Å². The molecule has 0 spiro atoms. The lowest BCUT2D eigenvalue weighted by molar-refractivity contribution is -0.127.